The summed E-state index contributed by atoms with van der Waals surface area (Å²) < 4.78 is 0. The first-order chi connectivity index (χ1) is 8.61. The van der Waals surface area contributed by atoms with Crippen LogP contribution < -0.4 is 10.6 Å². The van der Waals surface area contributed by atoms with Crippen LogP contribution in [0.25, 0.3) is 0 Å². The Hall–Kier alpha value is -1.62. The minimum atomic E-state index is -0.313. The van der Waals surface area contributed by atoms with Crippen molar-refractivity contribution in [3.05, 3.63) is 33.9 Å². The van der Waals surface area contributed by atoms with E-state index < -0.39 is 0 Å². The van der Waals surface area contributed by atoms with E-state index in [1.54, 1.807) is 6.07 Å². The molecule has 0 atom stereocenters. The van der Waals surface area contributed by atoms with Crippen LogP contribution in [0.5, 0.6) is 0 Å². The van der Waals surface area contributed by atoms with Crippen molar-refractivity contribution in [3.8, 4) is 0 Å². The molecule has 1 aromatic rings. The van der Waals surface area contributed by atoms with Gasteiger partial charge >= 0.3 is 0 Å². The topological polar surface area (TPSA) is 72.4 Å². The molecule has 5 nitrogen and oxygen atoms in total. The lowest BCUT2D eigenvalue weighted by atomic mass is 9.98. The SMILES string of the molecule is CC1CCN(c2ccc(CN)cc2[N+](=O)[O-])CC1. The number of piperidine rings is 1. The predicted molar refractivity (Wildman–Crippen MR) is 71.6 cm³/mol. The molecular formula is C13H19N3O2. The molecule has 1 aromatic carbocycles. The number of anilines is 1. The average Bonchev–Trinajstić information content (AvgIpc) is 2.39. The summed E-state index contributed by atoms with van der Waals surface area (Å²) in [5.41, 5.74) is 7.23. The number of nitrogens with zero attached hydrogens (tertiary/aromatic N) is 2. The van der Waals surface area contributed by atoms with Crippen molar-refractivity contribution < 1.29 is 4.92 Å². The number of hydrogen-bond donors (Lipinski definition) is 1. The number of nitro groups is 1. The van der Waals surface area contributed by atoms with Gasteiger partial charge in [0.25, 0.3) is 5.69 Å². The Kier molecular flexibility index (Phi) is 3.81. The largest absolute Gasteiger partial charge is 0.366 e. The third kappa shape index (κ3) is 2.61. The molecule has 0 spiro atoms. The molecule has 1 aliphatic rings. The molecule has 2 rings (SSSR count). The Balaban J connectivity index is 2.29. The first kappa shape index (κ1) is 12.8. The summed E-state index contributed by atoms with van der Waals surface area (Å²) in [6.45, 7) is 4.34. The molecule has 0 aliphatic carbocycles. The highest BCUT2D eigenvalue weighted by atomic mass is 16.6. The van der Waals surface area contributed by atoms with E-state index in [1.807, 2.05) is 12.1 Å². The fourth-order valence-electron chi connectivity index (χ4n) is 2.36. The molecule has 2 N–H and O–H groups in total. The van der Waals surface area contributed by atoms with E-state index in [9.17, 15) is 10.1 Å². The third-order valence-electron chi connectivity index (χ3n) is 3.60. The third-order valence-corrected chi connectivity index (χ3v) is 3.60. The minimum absolute atomic E-state index is 0.174. The van der Waals surface area contributed by atoms with Crippen LogP contribution in [0.2, 0.25) is 0 Å². The molecule has 1 aliphatic heterocycles. The summed E-state index contributed by atoms with van der Waals surface area (Å²) in [5, 5.41) is 11.1. The van der Waals surface area contributed by atoms with Crippen molar-refractivity contribution in [2.24, 2.45) is 11.7 Å². The van der Waals surface area contributed by atoms with Gasteiger partial charge in [-0.15, -0.1) is 0 Å². The van der Waals surface area contributed by atoms with Gasteiger partial charge in [0, 0.05) is 25.7 Å². The standard InChI is InChI=1S/C13H19N3O2/c1-10-4-6-15(7-5-10)12-3-2-11(9-14)8-13(12)16(17)18/h2-3,8,10H,4-7,9,14H2,1H3. The highest BCUT2D eigenvalue weighted by molar-refractivity contribution is 5.64. The second-order valence-corrected chi connectivity index (χ2v) is 4.95. The smallest absolute Gasteiger partial charge is 0.292 e. The van der Waals surface area contributed by atoms with E-state index in [1.165, 1.54) is 0 Å². The van der Waals surface area contributed by atoms with Crippen LogP contribution in [-0.4, -0.2) is 18.0 Å². The molecule has 0 unspecified atom stereocenters. The predicted octanol–water partition coefficient (Wildman–Crippen LogP) is 2.29. The normalized spacial score (nSPS) is 16.9. The van der Waals surface area contributed by atoms with Crippen molar-refractivity contribution in [1.82, 2.24) is 0 Å². The van der Waals surface area contributed by atoms with Crippen molar-refractivity contribution in [1.29, 1.82) is 0 Å². The maximum Gasteiger partial charge on any atom is 0.292 e. The highest BCUT2D eigenvalue weighted by Crippen LogP contribution is 2.32. The van der Waals surface area contributed by atoms with Gasteiger partial charge in [0.2, 0.25) is 0 Å². The Bertz CT molecular complexity index is 440. The van der Waals surface area contributed by atoms with Crippen LogP contribution in [0.15, 0.2) is 18.2 Å². The number of rotatable bonds is 3. The summed E-state index contributed by atoms with van der Waals surface area (Å²) in [5.74, 6) is 0.712. The second-order valence-electron chi connectivity index (χ2n) is 4.95. The Labute approximate surface area is 107 Å². The van der Waals surface area contributed by atoms with Crippen molar-refractivity contribution in [3.63, 3.8) is 0 Å². The Morgan fingerprint density at radius 3 is 2.67 bits per heavy atom. The summed E-state index contributed by atoms with van der Waals surface area (Å²) in [4.78, 5) is 12.9. The molecule has 0 amide bonds. The van der Waals surface area contributed by atoms with Gasteiger partial charge in [-0.3, -0.25) is 10.1 Å². The lowest BCUT2D eigenvalue weighted by molar-refractivity contribution is -0.384. The molecule has 0 saturated carbocycles. The number of nitro benzene ring substituents is 1. The van der Waals surface area contributed by atoms with Crippen LogP contribution in [0.4, 0.5) is 11.4 Å². The van der Waals surface area contributed by atoms with Crippen molar-refractivity contribution in [2.45, 2.75) is 26.3 Å². The van der Waals surface area contributed by atoms with Crippen LogP contribution in [0, 0.1) is 16.0 Å². The summed E-state index contributed by atoms with van der Waals surface area (Å²) in [6.07, 6.45) is 2.19. The number of benzene rings is 1. The monoisotopic (exact) mass is 249 g/mol. The van der Waals surface area contributed by atoms with Gasteiger partial charge in [0.05, 0.1) is 4.92 Å². The lowest BCUT2D eigenvalue weighted by Gasteiger charge is -2.31. The van der Waals surface area contributed by atoms with E-state index >= 15 is 0 Å². The van der Waals surface area contributed by atoms with Crippen molar-refractivity contribution >= 4 is 11.4 Å². The van der Waals surface area contributed by atoms with Gasteiger partial charge in [-0.05, 0) is 30.4 Å². The zero-order chi connectivity index (χ0) is 13.1. The first-order valence-electron chi connectivity index (χ1n) is 6.34. The van der Waals surface area contributed by atoms with Gasteiger partial charge < -0.3 is 10.6 Å². The molecule has 0 bridgehead atoms. The maximum atomic E-state index is 11.1. The molecule has 0 radical (unpaired) electrons. The van der Waals surface area contributed by atoms with Crippen LogP contribution >= 0.6 is 0 Å². The molecule has 18 heavy (non-hydrogen) atoms. The maximum absolute atomic E-state index is 11.1. The zero-order valence-corrected chi connectivity index (χ0v) is 10.6. The van der Waals surface area contributed by atoms with Crippen LogP contribution in [0.1, 0.15) is 25.3 Å². The first-order valence-corrected chi connectivity index (χ1v) is 6.34. The quantitative estimate of drug-likeness (QED) is 0.659. The van der Waals surface area contributed by atoms with Gasteiger partial charge in [0.15, 0.2) is 0 Å². The summed E-state index contributed by atoms with van der Waals surface area (Å²) in [7, 11) is 0. The van der Waals surface area contributed by atoms with Crippen LogP contribution in [-0.2, 0) is 6.54 Å². The number of hydrogen-bond acceptors (Lipinski definition) is 4. The summed E-state index contributed by atoms with van der Waals surface area (Å²) >= 11 is 0. The second kappa shape index (κ2) is 5.35. The highest BCUT2D eigenvalue weighted by Gasteiger charge is 2.23. The fraction of sp³-hybridized carbons (Fsp3) is 0.538. The molecule has 0 aromatic heterocycles. The van der Waals surface area contributed by atoms with E-state index in [0.29, 0.717) is 12.5 Å². The molecule has 1 heterocycles. The minimum Gasteiger partial charge on any atom is -0.366 e. The lowest BCUT2D eigenvalue weighted by Crippen LogP contribution is -2.33. The van der Waals surface area contributed by atoms with Gasteiger partial charge in [-0.25, -0.2) is 0 Å². The average molecular weight is 249 g/mol. The zero-order valence-electron chi connectivity index (χ0n) is 10.6. The van der Waals surface area contributed by atoms with E-state index in [0.717, 1.165) is 37.2 Å². The van der Waals surface area contributed by atoms with E-state index in [4.69, 9.17) is 5.73 Å². The van der Waals surface area contributed by atoms with Crippen molar-refractivity contribution in [2.75, 3.05) is 18.0 Å². The van der Waals surface area contributed by atoms with Gasteiger partial charge in [-0.1, -0.05) is 13.0 Å². The van der Waals surface area contributed by atoms with Gasteiger partial charge in [-0.2, -0.15) is 0 Å². The molecular weight excluding hydrogens is 230 g/mol. The van der Waals surface area contributed by atoms with Gasteiger partial charge in [0.1, 0.15) is 5.69 Å². The summed E-state index contributed by atoms with van der Waals surface area (Å²) in [6, 6.07) is 5.30. The van der Waals surface area contributed by atoms with Crippen LogP contribution in [0.3, 0.4) is 0 Å². The number of nitrogens with two attached hydrogens (primary N) is 1. The molecule has 1 saturated heterocycles. The molecule has 1 fully saturated rings. The fourth-order valence-corrected chi connectivity index (χ4v) is 2.36. The van der Waals surface area contributed by atoms with E-state index in [2.05, 4.69) is 11.8 Å². The van der Waals surface area contributed by atoms with E-state index in [-0.39, 0.29) is 10.6 Å². The Morgan fingerprint density at radius 1 is 1.44 bits per heavy atom. The Morgan fingerprint density at radius 2 is 2.11 bits per heavy atom. The molecule has 5 heteroatoms. The molecule has 98 valence electrons.